The first kappa shape index (κ1) is 30.5. The molecule has 0 saturated carbocycles. The van der Waals surface area contributed by atoms with Crippen LogP contribution in [-0.2, 0) is 15.6 Å². The zero-order chi connectivity index (χ0) is 23.8. The number of pyridine rings is 1. The number of rotatable bonds is 4. The number of aliphatic hydroxyl groups excluding tert-OH is 1. The van der Waals surface area contributed by atoms with Crippen molar-refractivity contribution in [2.45, 2.75) is 32.2 Å². The number of benzene rings is 1. The second-order valence-corrected chi connectivity index (χ2v) is 9.00. The first-order valence-corrected chi connectivity index (χ1v) is 12.3. The van der Waals surface area contributed by atoms with Gasteiger partial charge in [-0.15, -0.1) is 0 Å². The number of nitrogens with one attached hydrogen (secondary N) is 1. The molecule has 3 rings (SSSR count). The molecule has 2 heterocycles. The SMILES string of the molecule is Cc1cccc2c(=O)[nH]c(CCN3CCCC3CO)cc12.O.O=P(O)(O)O.O=P(O)(O)O. The minimum absolute atomic E-state index is 0. The lowest BCUT2D eigenvalue weighted by atomic mass is 10.1. The molecule has 1 saturated heterocycles. The zero-order valence-electron chi connectivity index (χ0n) is 17.3. The Morgan fingerprint density at radius 1 is 1.06 bits per heavy atom. The van der Waals surface area contributed by atoms with Crippen molar-refractivity contribution in [3.63, 3.8) is 0 Å². The van der Waals surface area contributed by atoms with Gasteiger partial charge in [0.15, 0.2) is 0 Å². The zero-order valence-corrected chi connectivity index (χ0v) is 19.1. The highest BCUT2D eigenvalue weighted by atomic mass is 31.2. The lowest BCUT2D eigenvalue weighted by molar-refractivity contribution is 0.160. The lowest BCUT2D eigenvalue weighted by Gasteiger charge is -2.22. The Hall–Kier alpha value is -1.47. The molecule has 1 aromatic heterocycles. The number of aliphatic hydroxyl groups is 1. The van der Waals surface area contributed by atoms with E-state index in [1.165, 1.54) is 0 Å². The number of nitrogens with zero attached hydrogens (tertiary/aromatic N) is 1. The summed E-state index contributed by atoms with van der Waals surface area (Å²) in [6, 6.07) is 8.21. The number of H-pyrrole nitrogens is 1. The van der Waals surface area contributed by atoms with Crippen LogP contribution in [0.25, 0.3) is 10.8 Å². The van der Waals surface area contributed by atoms with Crippen molar-refractivity contribution in [3.05, 3.63) is 45.9 Å². The van der Waals surface area contributed by atoms with Gasteiger partial charge in [-0.2, -0.15) is 0 Å². The van der Waals surface area contributed by atoms with Crippen LogP contribution in [-0.4, -0.2) is 75.6 Å². The highest BCUT2D eigenvalue weighted by Gasteiger charge is 2.23. The summed E-state index contributed by atoms with van der Waals surface area (Å²) in [6.45, 7) is 4.20. The van der Waals surface area contributed by atoms with Crippen molar-refractivity contribution in [2.75, 3.05) is 19.7 Å². The molecule has 0 radical (unpaired) electrons. The number of likely N-dealkylation sites (tertiary alicyclic amines) is 1. The average Bonchev–Trinajstić information content (AvgIpc) is 3.06. The molecule has 2 aromatic rings. The van der Waals surface area contributed by atoms with E-state index < -0.39 is 15.6 Å². The van der Waals surface area contributed by atoms with Crippen molar-refractivity contribution in [1.29, 1.82) is 0 Å². The van der Waals surface area contributed by atoms with Crippen molar-refractivity contribution in [3.8, 4) is 0 Å². The largest absolute Gasteiger partial charge is 0.466 e. The Morgan fingerprint density at radius 2 is 1.62 bits per heavy atom. The van der Waals surface area contributed by atoms with Crippen molar-refractivity contribution >= 4 is 26.4 Å². The molecule has 15 heteroatoms. The summed E-state index contributed by atoms with van der Waals surface area (Å²) in [4.78, 5) is 60.6. The summed E-state index contributed by atoms with van der Waals surface area (Å²) >= 11 is 0. The molecule has 1 atom stereocenters. The lowest BCUT2D eigenvalue weighted by Crippen LogP contribution is -2.34. The third-order valence-electron chi connectivity index (χ3n) is 4.54. The van der Waals surface area contributed by atoms with Crippen LogP contribution in [0, 0.1) is 6.92 Å². The molecule has 0 amide bonds. The van der Waals surface area contributed by atoms with Crippen LogP contribution in [0.3, 0.4) is 0 Å². The predicted molar refractivity (Wildman–Crippen MR) is 117 cm³/mol. The normalized spacial score (nSPS) is 16.4. The molecule has 32 heavy (non-hydrogen) atoms. The summed E-state index contributed by atoms with van der Waals surface area (Å²) in [5.41, 5.74) is 2.10. The molecule has 1 aromatic carbocycles. The Kier molecular flexibility index (Phi) is 12.7. The maximum absolute atomic E-state index is 12.2. The van der Waals surface area contributed by atoms with E-state index in [4.69, 9.17) is 38.5 Å². The van der Waals surface area contributed by atoms with Crippen LogP contribution in [0.15, 0.2) is 29.1 Å². The second kappa shape index (κ2) is 13.3. The van der Waals surface area contributed by atoms with E-state index in [1.54, 1.807) is 0 Å². The quantitative estimate of drug-likeness (QED) is 0.240. The fourth-order valence-corrected chi connectivity index (χ4v) is 3.29. The number of hydrogen-bond donors (Lipinski definition) is 8. The van der Waals surface area contributed by atoms with Gasteiger partial charge in [-0.3, -0.25) is 9.69 Å². The standard InChI is InChI=1S/C17H22N2O2.2H3O4P.H2O/c1-12-4-2-6-15-16(12)10-13(18-17(15)21)7-9-19-8-3-5-14(19)11-20;2*1-5(2,3)4;/h2,4,6,10,14,20H,3,5,7-9,11H2,1H3,(H,18,21);2*(H3,1,2,3,4);1H2. The monoisotopic (exact) mass is 500 g/mol. The van der Waals surface area contributed by atoms with Gasteiger partial charge in [0.2, 0.25) is 0 Å². The maximum Gasteiger partial charge on any atom is 0.466 e. The van der Waals surface area contributed by atoms with Gasteiger partial charge in [0.25, 0.3) is 5.56 Å². The maximum atomic E-state index is 12.2. The Labute approximate surface area is 183 Å². The summed E-state index contributed by atoms with van der Waals surface area (Å²) in [5, 5.41) is 11.2. The van der Waals surface area contributed by atoms with Gasteiger partial charge in [-0.05, 0) is 49.4 Å². The Bertz CT molecular complexity index is 965. The first-order valence-electron chi connectivity index (χ1n) is 9.22. The van der Waals surface area contributed by atoms with E-state index in [2.05, 4.69) is 16.0 Å². The highest BCUT2D eigenvalue weighted by molar-refractivity contribution is 7.45. The number of aromatic amines is 1. The van der Waals surface area contributed by atoms with Crippen LogP contribution in [0.4, 0.5) is 0 Å². The molecule has 13 nitrogen and oxygen atoms in total. The predicted octanol–water partition coefficient (Wildman–Crippen LogP) is -0.846. The minimum Gasteiger partial charge on any atom is -0.412 e. The van der Waals surface area contributed by atoms with Crippen molar-refractivity contribution < 1.29 is 49.1 Å². The summed E-state index contributed by atoms with van der Waals surface area (Å²) in [6.07, 6.45) is 3.04. The first-order chi connectivity index (χ1) is 14.2. The van der Waals surface area contributed by atoms with Crippen molar-refractivity contribution in [2.24, 2.45) is 0 Å². The van der Waals surface area contributed by atoms with Gasteiger partial charge < -0.3 is 44.9 Å². The van der Waals surface area contributed by atoms with Gasteiger partial charge >= 0.3 is 15.6 Å². The number of phosphoric acid groups is 2. The highest BCUT2D eigenvalue weighted by Crippen LogP contribution is 2.26. The topological polar surface area (TPSA) is 243 Å². The van der Waals surface area contributed by atoms with Gasteiger partial charge in [0, 0.05) is 30.1 Å². The summed E-state index contributed by atoms with van der Waals surface area (Å²) in [5.74, 6) is 0. The van der Waals surface area contributed by atoms with Crippen LogP contribution in [0.2, 0.25) is 0 Å². The van der Waals surface area contributed by atoms with Gasteiger partial charge in [0.1, 0.15) is 0 Å². The van der Waals surface area contributed by atoms with E-state index in [0.29, 0.717) is 6.04 Å². The van der Waals surface area contributed by atoms with Crippen LogP contribution >= 0.6 is 15.6 Å². The molecule has 0 aliphatic carbocycles. The fourth-order valence-electron chi connectivity index (χ4n) is 3.29. The number of fused-ring (bicyclic) bond motifs is 1. The molecule has 1 fully saturated rings. The smallest absolute Gasteiger partial charge is 0.412 e. The van der Waals surface area contributed by atoms with E-state index in [9.17, 15) is 9.90 Å². The molecular weight excluding hydrogens is 470 g/mol. The Balaban J connectivity index is 0.000000740. The Morgan fingerprint density at radius 3 is 2.16 bits per heavy atom. The van der Waals surface area contributed by atoms with E-state index >= 15 is 0 Å². The minimum atomic E-state index is -4.64. The third kappa shape index (κ3) is 12.5. The average molecular weight is 500 g/mol. The fraction of sp³-hybridized carbons (Fsp3) is 0.471. The van der Waals surface area contributed by atoms with Crippen molar-refractivity contribution in [1.82, 2.24) is 9.88 Å². The van der Waals surface area contributed by atoms with E-state index in [0.717, 1.165) is 54.4 Å². The molecule has 10 N–H and O–H groups in total. The molecule has 184 valence electrons. The van der Waals surface area contributed by atoms with Crippen LogP contribution < -0.4 is 5.56 Å². The summed E-state index contributed by atoms with van der Waals surface area (Å²) in [7, 11) is -9.28. The van der Waals surface area contributed by atoms with Gasteiger partial charge in [-0.25, -0.2) is 9.13 Å². The number of aromatic nitrogens is 1. The third-order valence-corrected chi connectivity index (χ3v) is 4.54. The number of hydrogen-bond acceptors (Lipinski definition) is 5. The van der Waals surface area contributed by atoms with Crippen LogP contribution in [0.1, 0.15) is 24.1 Å². The molecule has 0 spiro atoms. The summed E-state index contributed by atoms with van der Waals surface area (Å²) < 4.78 is 17.8. The molecular formula is C17H30N2O11P2. The molecule has 1 unspecified atom stereocenters. The van der Waals surface area contributed by atoms with E-state index in [-0.39, 0.29) is 17.6 Å². The van der Waals surface area contributed by atoms with Crippen LogP contribution in [0.5, 0.6) is 0 Å². The van der Waals surface area contributed by atoms with Gasteiger partial charge in [0.05, 0.1) is 6.61 Å². The molecule has 1 aliphatic heterocycles. The van der Waals surface area contributed by atoms with E-state index in [1.807, 2.05) is 25.1 Å². The molecule has 0 bridgehead atoms. The number of aryl methyl sites for hydroxylation is 1. The van der Waals surface area contributed by atoms with Gasteiger partial charge in [-0.1, -0.05) is 12.1 Å². The molecule has 1 aliphatic rings. The second-order valence-electron chi connectivity index (χ2n) is 6.95.